The molecule has 102 valence electrons. The molecule has 0 aliphatic carbocycles. The van der Waals surface area contributed by atoms with Crippen LogP contribution in [0, 0.1) is 11.3 Å². The zero-order valence-electron chi connectivity index (χ0n) is 12.6. The van der Waals surface area contributed by atoms with Crippen molar-refractivity contribution in [1.82, 2.24) is 10.2 Å². The van der Waals surface area contributed by atoms with Gasteiger partial charge in [-0.15, -0.1) is 0 Å². The summed E-state index contributed by atoms with van der Waals surface area (Å²) in [6.45, 7) is 16.6. The number of hydrogen-bond acceptors (Lipinski definition) is 2. The third-order valence-corrected chi connectivity index (χ3v) is 3.99. The van der Waals surface area contributed by atoms with Gasteiger partial charge >= 0.3 is 0 Å². The lowest BCUT2D eigenvalue weighted by molar-refractivity contribution is 0.201. The SMILES string of the molecule is CC(C)CNCC(C)N1CCCC(C)(C)CC1. The minimum absolute atomic E-state index is 0.555. The first-order valence-corrected chi connectivity index (χ1v) is 7.35. The van der Waals surface area contributed by atoms with Gasteiger partial charge in [0.05, 0.1) is 0 Å². The Balaban J connectivity index is 2.29. The van der Waals surface area contributed by atoms with Gasteiger partial charge in [0.2, 0.25) is 0 Å². The standard InChI is InChI=1S/C15H32N2/c1-13(2)11-16-12-14(3)17-9-6-7-15(4,5)8-10-17/h13-14,16H,6-12H2,1-5H3. The smallest absolute Gasteiger partial charge is 0.0192 e. The molecule has 0 bridgehead atoms. The fourth-order valence-corrected chi connectivity index (χ4v) is 2.59. The molecule has 1 aliphatic heterocycles. The van der Waals surface area contributed by atoms with E-state index in [0.717, 1.165) is 19.0 Å². The molecular weight excluding hydrogens is 208 g/mol. The predicted molar refractivity (Wildman–Crippen MR) is 76.4 cm³/mol. The van der Waals surface area contributed by atoms with E-state index in [1.165, 1.54) is 32.4 Å². The molecule has 1 aliphatic rings. The van der Waals surface area contributed by atoms with Crippen molar-refractivity contribution in [2.75, 3.05) is 26.2 Å². The van der Waals surface area contributed by atoms with E-state index in [2.05, 4.69) is 44.8 Å². The van der Waals surface area contributed by atoms with Gasteiger partial charge in [-0.3, -0.25) is 4.90 Å². The molecule has 0 aromatic rings. The summed E-state index contributed by atoms with van der Waals surface area (Å²) in [6.07, 6.45) is 4.10. The maximum Gasteiger partial charge on any atom is 0.0192 e. The van der Waals surface area contributed by atoms with Gasteiger partial charge in [0.1, 0.15) is 0 Å². The zero-order chi connectivity index (χ0) is 12.9. The molecule has 1 saturated heterocycles. The van der Waals surface area contributed by atoms with E-state index in [9.17, 15) is 0 Å². The van der Waals surface area contributed by atoms with Gasteiger partial charge in [-0.2, -0.15) is 0 Å². The minimum Gasteiger partial charge on any atom is -0.315 e. The average Bonchev–Trinajstić information content (AvgIpc) is 2.38. The summed E-state index contributed by atoms with van der Waals surface area (Å²) in [5.41, 5.74) is 0.555. The Kier molecular flexibility index (Phi) is 5.94. The topological polar surface area (TPSA) is 15.3 Å². The Labute approximate surface area is 108 Å². The van der Waals surface area contributed by atoms with Gasteiger partial charge in [0.25, 0.3) is 0 Å². The maximum atomic E-state index is 3.58. The first-order valence-electron chi connectivity index (χ1n) is 7.35. The van der Waals surface area contributed by atoms with Crippen molar-refractivity contribution in [2.45, 2.75) is 59.9 Å². The summed E-state index contributed by atoms with van der Waals surface area (Å²) in [4.78, 5) is 2.67. The molecule has 1 unspecified atom stereocenters. The van der Waals surface area contributed by atoms with Crippen molar-refractivity contribution in [3.05, 3.63) is 0 Å². The highest BCUT2D eigenvalue weighted by molar-refractivity contribution is 4.79. The molecule has 1 rings (SSSR count). The molecule has 1 fully saturated rings. The molecule has 0 aromatic heterocycles. The second-order valence-corrected chi connectivity index (χ2v) is 6.95. The molecule has 2 nitrogen and oxygen atoms in total. The third kappa shape index (κ3) is 5.87. The summed E-state index contributed by atoms with van der Waals surface area (Å²) in [6, 6.07) is 0.683. The van der Waals surface area contributed by atoms with E-state index in [1.54, 1.807) is 0 Å². The van der Waals surface area contributed by atoms with Crippen LogP contribution in [0.15, 0.2) is 0 Å². The highest BCUT2D eigenvalue weighted by Gasteiger charge is 2.24. The Morgan fingerprint density at radius 1 is 1.06 bits per heavy atom. The van der Waals surface area contributed by atoms with Gasteiger partial charge in [0, 0.05) is 12.6 Å². The fourth-order valence-electron chi connectivity index (χ4n) is 2.59. The second-order valence-electron chi connectivity index (χ2n) is 6.95. The van der Waals surface area contributed by atoms with Gasteiger partial charge < -0.3 is 5.32 Å². The zero-order valence-corrected chi connectivity index (χ0v) is 12.6. The van der Waals surface area contributed by atoms with Gasteiger partial charge in [0.15, 0.2) is 0 Å². The van der Waals surface area contributed by atoms with E-state index in [-0.39, 0.29) is 0 Å². The second kappa shape index (κ2) is 6.75. The van der Waals surface area contributed by atoms with Crippen molar-refractivity contribution in [3.8, 4) is 0 Å². The average molecular weight is 240 g/mol. The highest BCUT2D eigenvalue weighted by atomic mass is 15.2. The number of rotatable bonds is 5. The van der Waals surface area contributed by atoms with Crippen molar-refractivity contribution in [2.24, 2.45) is 11.3 Å². The number of nitrogens with one attached hydrogen (secondary N) is 1. The molecule has 0 aromatic carbocycles. The van der Waals surface area contributed by atoms with Crippen LogP contribution in [0.5, 0.6) is 0 Å². The summed E-state index contributed by atoms with van der Waals surface area (Å²) >= 11 is 0. The molecule has 2 heteroatoms. The quantitative estimate of drug-likeness (QED) is 0.794. The van der Waals surface area contributed by atoms with Gasteiger partial charge in [-0.05, 0) is 57.2 Å². The summed E-state index contributed by atoms with van der Waals surface area (Å²) in [7, 11) is 0. The number of likely N-dealkylation sites (tertiary alicyclic amines) is 1. The van der Waals surface area contributed by atoms with Crippen molar-refractivity contribution >= 4 is 0 Å². The Bertz CT molecular complexity index is 211. The molecular formula is C15H32N2. The Morgan fingerprint density at radius 2 is 1.76 bits per heavy atom. The fraction of sp³-hybridized carbons (Fsp3) is 1.00. The van der Waals surface area contributed by atoms with Crippen molar-refractivity contribution in [1.29, 1.82) is 0 Å². The van der Waals surface area contributed by atoms with Gasteiger partial charge in [-0.1, -0.05) is 27.7 Å². The van der Waals surface area contributed by atoms with Crippen molar-refractivity contribution < 1.29 is 0 Å². The van der Waals surface area contributed by atoms with Crippen LogP contribution >= 0.6 is 0 Å². The molecule has 1 atom stereocenters. The van der Waals surface area contributed by atoms with E-state index in [0.29, 0.717) is 11.5 Å². The summed E-state index contributed by atoms with van der Waals surface area (Å²) in [5.74, 6) is 0.755. The Morgan fingerprint density at radius 3 is 2.41 bits per heavy atom. The molecule has 0 spiro atoms. The van der Waals surface area contributed by atoms with Crippen LogP contribution in [0.2, 0.25) is 0 Å². The Hall–Kier alpha value is -0.0800. The third-order valence-electron chi connectivity index (χ3n) is 3.99. The van der Waals surface area contributed by atoms with Crippen molar-refractivity contribution in [3.63, 3.8) is 0 Å². The van der Waals surface area contributed by atoms with Crippen LogP contribution in [0.3, 0.4) is 0 Å². The lowest BCUT2D eigenvalue weighted by Crippen LogP contribution is -2.41. The van der Waals surface area contributed by atoms with Crippen LogP contribution in [0.1, 0.15) is 53.9 Å². The summed E-state index contributed by atoms with van der Waals surface area (Å²) < 4.78 is 0. The van der Waals surface area contributed by atoms with Gasteiger partial charge in [-0.25, -0.2) is 0 Å². The lowest BCUT2D eigenvalue weighted by atomic mass is 9.85. The molecule has 1 N–H and O–H groups in total. The van der Waals surface area contributed by atoms with E-state index < -0.39 is 0 Å². The van der Waals surface area contributed by atoms with Crippen LogP contribution in [0.25, 0.3) is 0 Å². The van der Waals surface area contributed by atoms with E-state index >= 15 is 0 Å². The van der Waals surface area contributed by atoms with Crippen LogP contribution in [-0.4, -0.2) is 37.1 Å². The van der Waals surface area contributed by atoms with Crippen LogP contribution < -0.4 is 5.32 Å². The number of nitrogens with zero attached hydrogens (tertiary/aromatic N) is 1. The molecule has 0 amide bonds. The summed E-state index contributed by atoms with van der Waals surface area (Å²) in [5, 5.41) is 3.58. The normalized spacial score (nSPS) is 23.6. The van der Waals surface area contributed by atoms with Crippen LogP contribution in [-0.2, 0) is 0 Å². The molecule has 0 saturated carbocycles. The van der Waals surface area contributed by atoms with Crippen LogP contribution in [0.4, 0.5) is 0 Å². The lowest BCUT2D eigenvalue weighted by Gasteiger charge is -2.29. The van der Waals surface area contributed by atoms with E-state index in [4.69, 9.17) is 0 Å². The highest BCUT2D eigenvalue weighted by Crippen LogP contribution is 2.30. The molecule has 0 radical (unpaired) electrons. The largest absolute Gasteiger partial charge is 0.315 e. The molecule has 1 heterocycles. The minimum atomic E-state index is 0.555. The monoisotopic (exact) mass is 240 g/mol. The van der Waals surface area contributed by atoms with E-state index in [1.807, 2.05) is 0 Å². The molecule has 17 heavy (non-hydrogen) atoms. The maximum absolute atomic E-state index is 3.58. The first kappa shape index (κ1) is 15.0. The first-order chi connectivity index (χ1) is 7.91. The predicted octanol–water partition coefficient (Wildman–Crippen LogP) is 3.13. The number of hydrogen-bond donors (Lipinski definition) is 1.